The van der Waals surface area contributed by atoms with Crippen molar-refractivity contribution >= 4 is 0 Å². The average Bonchev–Trinajstić information content (AvgIpc) is 2.99. The highest BCUT2D eigenvalue weighted by molar-refractivity contribution is 5.66. The van der Waals surface area contributed by atoms with Crippen LogP contribution in [0.15, 0.2) is 48.5 Å². The summed E-state index contributed by atoms with van der Waals surface area (Å²) >= 11 is 0. The molecule has 22 heavy (non-hydrogen) atoms. The van der Waals surface area contributed by atoms with Gasteiger partial charge in [0.2, 0.25) is 0 Å². The third-order valence-electron chi connectivity index (χ3n) is 3.56. The van der Waals surface area contributed by atoms with Gasteiger partial charge in [0, 0.05) is 12.1 Å². The van der Waals surface area contributed by atoms with Crippen LogP contribution >= 0.6 is 0 Å². The predicted octanol–water partition coefficient (Wildman–Crippen LogP) is 2.71. The predicted molar refractivity (Wildman–Crippen MR) is 86.0 cm³/mol. The number of nitrogens with two attached hydrogens (primary N) is 1. The highest BCUT2D eigenvalue weighted by Gasteiger charge is 2.15. The second-order valence-corrected chi connectivity index (χ2v) is 5.07. The standard InChI is InChI=1S/C17H18N4O/c1-12-6-8-14(9-7-12)21-17(16(11-18)19-20-21)13-4-3-5-15(10-13)22-2/h3-10H,11,18H2,1-2H3. The smallest absolute Gasteiger partial charge is 0.119 e. The molecule has 0 amide bonds. The summed E-state index contributed by atoms with van der Waals surface area (Å²) in [5.41, 5.74) is 10.6. The van der Waals surface area contributed by atoms with Crippen molar-refractivity contribution in [3.63, 3.8) is 0 Å². The fourth-order valence-electron chi connectivity index (χ4n) is 2.38. The minimum atomic E-state index is 0.332. The molecule has 0 aliphatic rings. The van der Waals surface area contributed by atoms with E-state index in [-0.39, 0.29) is 0 Å². The number of aromatic nitrogens is 3. The third-order valence-corrected chi connectivity index (χ3v) is 3.56. The number of ether oxygens (including phenoxy) is 1. The van der Waals surface area contributed by atoms with Gasteiger partial charge in [-0.25, -0.2) is 4.68 Å². The van der Waals surface area contributed by atoms with Gasteiger partial charge in [0.1, 0.15) is 11.4 Å². The molecule has 3 aromatic rings. The van der Waals surface area contributed by atoms with E-state index in [1.165, 1.54) is 5.56 Å². The summed E-state index contributed by atoms with van der Waals surface area (Å²) in [6.07, 6.45) is 0. The van der Waals surface area contributed by atoms with Crippen molar-refractivity contribution in [2.45, 2.75) is 13.5 Å². The number of methoxy groups -OCH3 is 1. The highest BCUT2D eigenvalue weighted by Crippen LogP contribution is 2.28. The molecule has 112 valence electrons. The average molecular weight is 294 g/mol. The van der Waals surface area contributed by atoms with E-state index >= 15 is 0 Å². The molecule has 0 saturated heterocycles. The summed E-state index contributed by atoms with van der Waals surface area (Å²) in [5, 5.41) is 8.48. The molecule has 0 radical (unpaired) electrons. The van der Waals surface area contributed by atoms with Gasteiger partial charge in [-0.15, -0.1) is 5.10 Å². The summed E-state index contributed by atoms with van der Waals surface area (Å²) in [5.74, 6) is 0.789. The summed E-state index contributed by atoms with van der Waals surface area (Å²) in [7, 11) is 1.65. The Balaban J connectivity index is 2.16. The molecule has 1 aromatic heterocycles. The van der Waals surface area contributed by atoms with E-state index in [9.17, 15) is 0 Å². The lowest BCUT2D eigenvalue weighted by Crippen LogP contribution is -2.02. The van der Waals surface area contributed by atoms with Gasteiger partial charge in [-0.05, 0) is 31.2 Å². The Bertz CT molecular complexity index is 778. The summed E-state index contributed by atoms with van der Waals surface area (Å²) in [6, 6.07) is 16.0. The largest absolute Gasteiger partial charge is 0.497 e. The minimum absolute atomic E-state index is 0.332. The molecule has 1 heterocycles. The normalized spacial score (nSPS) is 10.7. The van der Waals surface area contributed by atoms with Gasteiger partial charge in [-0.2, -0.15) is 0 Å². The first-order valence-corrected chi connectivity index (χ1v) is 7.09. The van der Waals surface area contributed by atoms with Crippen molar-refractivity contribution in [1.29, 1.82) is 0 Å². The van der Waals surface area contributed by atoms with E-state index in [0.717, 1.165) is 28.4 Å². The van der Waals surface area contributed by atoms with E-state index in [2.05, 4.69) is 29.4 Å². The quantitative estimate of drug-likeness (QED) is 0.803. The van der Waals surface area contributed by atoms with E-state index in [1.54, 1.807) is 7.11 Å². The molecule has 0 aliphatic carbocycles. The topological polar surface area (TPSA) is 66.0 Å². The Morgan fingerprint density at radius 3 is 2.59 bits per heavy atom. The first kappa shape index (κ1) is 14.3. The molecule has 3 rings (SSSR count). The van der Waals surface area contributed by atoms with E-state index < -0.39 is 0 Å². The fourth-order valence-corrected chi connectivity index (χ4v) is 2.38. The van der Waals surface area contributed by atoms with Crippen LogP contribution in [0.4, 0.5) is 0 Å². The molecule has 0 aliphatic heterocycles. The molecule has 2 aromatic carbocycles. The maximum atomic E-state index is 5.83. The monoisotopic (exact) mass is 294 g/mol. The van der Waals surface area contributed by atoms with Crippen LogP contribution in [-0.2, 0) is 6.54 Å². The molecule has 2 N–H and O–H groups in total. The van der Waals surface area contributed by atoms with Crippen LogP contribution < -0.4 is 10.5 Å². The maximum absolute atomic E-state index is 5.83. The van der Waals surface area contributed by atoms with Gasteiger partial charge in [0.05, 0.1) is 18.5 Å². The van der Waals surface area contributed by atoms with Crippen LogP contribution in [0, 0.1) is 6.92 Å². The van der Waals surface area contributed by atoms with Gasteiger partial charge in [-0.3, -0.25) is 0 Å². The van der Waals surface area contributed by atoms with Crippen molar-refractivity contribution in [3.8, 4) is 22.7 Å². The Morgan fingerprint density at radius 2 is 1.91 bits per heavy atom. The number of benzene rings is 2. The third kappa shape index (κ3) is 2.58. The first-order chi connectivity index (χ1) is 10.7. The molecule has 5 heteroatoms. The number of hydrogen-bond acceptors (Lipinski definition) is 4. The van der Waals surface area contributed by atoms with Crippen molar-refractivity contribution in [2.75, 3.05) is 7.11 Å². The molecule has 5 nitrogen and oxygen atoms in total. The van der Waals surface area contributed by atoms with Crippen LogP contribution in [-0.4, -0.2) is 22.1 Å². The summed E-state index contributed by atoms with van der Waals surface area (Å²) < 4.78 is 7.12. The van der Waals surface area contributed by atoms with Gasteiger partial charge in [0.15, 0.2) is 0 Å². The molecular formula is C17H18N4O. The van der Waals surface area contributed by atoms with Gasteiger partial charge >= 0.3 is 0 Å². The van der Waals surface area contributed by atoms with Crippen molar-refractivity contribution in [2.24, 2.45) is 5.73 Å². The number of nitrogens with zero attached hydrogens (tertiary/aromatic N) is 3. The fraction of sp³-hybridized carbons (Fsp3) is 0.176. The lowest BCUT2D eigenvalue weighted by atomic mass is 10.1. The van der Waals surface area contributed by atoms with Gasteiger partial charge in [0.25, 0.3) is 0 Å². The molecule has 0 bridgehead atoms. The van der Waals surface area contributed by atoms with E-state index in [4.69, 9.17) is 10.5 Å². The SMILES string of the molecule is COc1cccc(-c2c(CN)nnn2-c2ccc(C)cc2)c1. The number of hydrogen-bond donors (Lipinski definition) is 1. The number of aryl methyl sites for hydroxylation is 1. The lowest BCUT2D eigenvalue weighted by molar-refractivity contribution is 0.415. The summed E-state index contributed by atoms with van der Waals surface area (Å²) in [6.45, 7) is 2.39. The zero-order valence-corrected chi connectivity index (χ0v) is 12.7. The second kappa shape index (κ2) is 5.99. The maximum Gasteiger partial charge on any atom is 0.119 e. The Labute approximate surface area is 129 Å². The molecule has 0 fully saturated rings. The van der Waals surface area contributed by atoms with Crippen molar-refractivity contribution in [1.82, 2.24) is 15.0 Å². The van der Waals surface area contributed by atoms with Gasteiger partial charge in [-0.1, -0.05) is 35.0 Å². The molecule has 0 spiro atoms. The van der Waals surface area contributed by atoms with Crippen LogP contribution in [0.25, 0.3) is 16.9 Å². The number of rotatable bonds is 4. The zero-order chi connectivity index (χ0) is 15.5. The molecule has 0 saturated carbocycles. The Morgan fingerprint density at radius 1 is 1.14 bits per heavy atom. The van der Waals surface area contributed by atoms with Crippen molar-refractivity contribution in [3.05, 3.63) is 59.8 Å². The Hall–Kier alpha value is -2.66. The van der Waals surface area contributed by atoms with Crippen LogP contribution in [0.1, 0.15) is 11.3 Å². The molecular weight excluding hydrogens is 276 g/mol. The second-order valence-electron chi connectivity index (χ2n) is 5.07. The first-order valence-electron chi connectivity index (χ1n) is 7.09. The van der Waals surface area contributed by atoms with E-state index in [1.807, 2.05) is 41.1 Å². The highest BCUT2D eigenvalue weighted by atomic mass is 16.5. The van der Waals surface area contributed by atoms with Crippen molar-refractivity contribution < 1.29 is 4.74 Å². The van der Waals surface area contributed by atoms with E-state index in [0.29, 0.717) is 6.54 Å². The zero-order valence-electron chi connectivity index (χ0n) is 12.7. The molecule has 0 atom stereocenters. The lowest BCUT2D eigenvalue weighted by Gasteiger charge is -2.09. The Kier molecular flexibility index (Phi) is 3.89. The van der Waals surface area contributed by atoms with Crippen LogP contribution in [0.5, 0.6) is 5.75 Å². The van der Waals surface area contributed by atoms with Crippen LogP contribution in [0.3, 0.4) is 0 Å². The summed E-state index contributed by atoms with van der Waals surface area (Å²) in [4.78, 5) is 0. The minimum Gasteiger partial charge on any atom is -0.497 e. The van der Waals surface area contributed by atoms with Crippen LogP contribution in [0.2, 0.25) is 0 Å². The van der Waals surface area contributed by atoms with Gasteiger partial charge < -0.3 is 10.5 Å². The molecule has 0 unspecified atom stereocenters.